The highest BCUT2D eigenvalue weighted by atomic mass is 32.1. The lowest BCUT2D eigenvalue weighted by atomic mass is 9.71. The standard InChI is InChI=1S/C18H23N5OS/c1-13-3-5-15(6-4-13)18(2,16-11-23(9-8-19)22-21-16)20-17(24)14-7-10-25-12-14/h7,10-13,15H,3-6,9H2,1-2H3,(H,20,24)/t13?,15?,18-/m1/s1. The SMILES string of the molecule is CC1CCC([C@@](C)(NC(=O)c2ccsc2)c2cn(CC#N)nn2)CC1. The van der Waals surface area contributed by atoms with E-state index in [0.717, 1.165) is 37.3 Å². The number of thiophene rings is 1. The molecule has 6 nitrogen and oxygen atoms in total. The van der Waals surface area contributed by atoms with Crippen LogP contribution in [0.1, 0.15) is 55.6 Å². The lowest BCUT2D eigenvalue weighted by molar-refractivity contribution is 0.0813. The molecular formula is C18H23N5OS. The summed E-state index contributed by atoms with van der Waals surface area (Å²) in [5, 5.41) is 24.2. The summed E-state index contributed by atoms with van der Waals surface area (Å²) in [5.74, 6) is 0.943. The van der Waals surface area contributed by atoms with Crippen LogP contribution in [0.2, 0.25) is 0 Å². The van der Waals surface area contributed by atoms with E-state index in [9.17, 15) is 4.79 Å². The molecule has 1 N–H and O–H groups in total. The Labute approximate surface area is 151 Å². The molecule has 1 fully saturated rings. The zero-order valence-electron chi connectivity index (χ0n) is 14.6. The molecule has 0 unspecified atom stereocenters. The molecule has 1 amide bonds. The zero-order chi connectivity index (χ0) is 17.9. The number of amides is 1. The maximum absolute atomic E-state index is 12.7. The Kier molecular flexibility index (Phi) is 5.19. The molecule has 2 aromatic heterocycles. The molecule has 0 spiro atoms. The first kappa shape index (κ1) is 17.6. The van der Waals surface area contributed by atoms with Gasteiger partial charge in [-0.25, -0.2) is 4.68 Å². The van der Waals surface area contributed by atoms with Crippen LogP contribution in [0.4, 0.5) is 0 Å². The van der Waals surface area contributed by atoms with Gasteiger partial charge in [-0.15, -0.1) is 5.10 Å². The predicted molar refractivity (Wildman–Crippen MR) is 95.9 cm³/mol. The molecule has 7 heteroatoms. The van der Waals surface area contributed by atoms with E-state index in [2.05, 4.69) is 28.6 Å². The largest absolute Gasteiger partial charge is 0.341 e. The van der Waals surface area contributed by atoms with Crippen molar-refractivity contribution < 1.29 is 4.79 Å². The van der Waals surface area contributed by atoms with Crippen molar-refractivity contribution in [1.29, 1.82) is 5.26 Å². The highest BCUT2D eigenvalue weighted by molar-refractivity contribution is 7.08. The Morgan fingerprint density at radius 2 is 2.24 bits per heavy atom. The molecule has 2 aromatic rings. The molecule has 0 aromatic carbocycles. The van der Waals surface area contributed by atoms with E-state index in [0.29, 0.717) is 11.5 Å². The van der Waals surface area contributed by atoms with Crippen LogP contribution in [0.25, 0.3) is 0 Å². The topological polar surface area (TPSA) is 83.6 Å². The third-order valence-electron chi connectivity index (χ3n) is 5.29. The molecule has 1 atom stereocenters. The van der Waals surface area contributed by atoms with Crippen LogP contribution in [-0.2, 0) is 12.1 Å². The first-order chi connectivity index (χ1) is 12.0. The van der Waals surface area contributed by atoms with Gasteiger partial charge < -0.3 is 5.32 Å². The van der Waals surface area contributed by atoms with Gasteiger partial charge in [0.25, 0.3) is 5.91 Å². The van der Waals surface area contributed by atoms with Gasteiger partial charge in [0.15, 0.2) is 0 Å². The fourth-order valence-corrected chi connectivity index (χ4v) is 4.24. The number of carbonyl (C=O) groups is 1. The lowest BCUT2D eigenvalue weighted by Gasteiger charge is -2.40. The highest BCUT2D eigenvalue weighted by Gasteiger charge is 2.41. The summed E-state index contributed by atoms with van der Waals surface area (Å²) in [4.78, 5) is 12.7. The van der Waals surface area contributed by atoms with Gasteiger partial charge in [-0.3, -0.25) is 4.79 Å². The van der Waals surface area contributed by atoms with Gasteiger partial charge in [0, 0.05) is 5.38 Å². The van der Waals surface area contributed by atoms with Gasteiger partial charge in [-0.1, -0.05) is 25.0 Å². The number of hydrogen-bond donors (Lipinski definition) is 1. The predicted octanol–water partition coefficient (Wildman–Crippen LogP) is 3.33. The van der Waals surface area contributed by atoms with E-state index in [1.807, 2.05) is 23.8 Å². The first-order valence-electron chi connectivity index (χ1n) is 8.65. The number of aromatic nitrogens is 3. The molecular weight excluding hydrogens is 334 g/mol. The fourth-order valence-electron chi connectivity index (χ4n) is 3.60. The summed E-state index contributed by atoms with van der Waals surface area (Å²) in [6.45, 7) is 4.47. The Balaban J connectivity index is 1.89. The highest BCUT2D eigenvalue weighted by Crippen LogP contribution is 2.40. The molecule has 25 heavy (non-hydrogen) atoms. The molecule has 3 rings (SSSR count). The molecule has 0 bridgehead atoms. The molecule has 0 saturated heterocycles. The second-order valence-electron chi connectivity index (χ2n) is 7.08. The third-order valence-corrected chi connectivity index (χ3v) is 5.98. The minimum Gasteiger partial charge on any atom is -0.341 e. The van der Waals surface area contributed by atoms with Crippen molar-refractivity contribution >= 4 is 17.2 Å². The molecule has 132 valence electrons. The van der Waals surface area contributed by atoms with Crippen LogP contribution in [-0.4, -0.2) is 20.9 Å². The Morgan fingerprint density at radius 3 is 2.88 bits per heavy atom. The van der Waals surface area contributed by atoms with Crippen LogP contribution in [0.3, 0.4) is 0 Å². The molecule has 0 aliphatic heterocycles. The summed E-state index contributed by atoms with van der Waals surface area (Å²) >= 11 is 1.51. The lowest BCUT2D eigenvalue weighted by Crippen LogP contribution is -2.50. The van der Waals surface area contributed by atoms with Crippen molar-refractivity contribution in [2.45, 2.75) is 51.6 Å². The van der Waals surface area contributed by atoms with Crippen molar-refractivity contribution in [2.24, 2.45) is 11.8 Å². The van der Waals surface area contributed by atoms with Gasteiger partial charge in [0.2, 0.25) is 0 Å². The number of nitriles is 1. The molecule has 0 radical (unpaired) electrons. The third kappa shape index (κ3) is 3.74. The minimum absolute atomic E-state index is 0.0859. The minimum atomic E-state index is -0.590. The van der Waals surface area contributed by atoms with E-state index in [4.69, 9.17) is 5.26 Å². The smallest absolute Gasteiger partial charge is 0.252 e. The van der Waals surface area contributed by atoms with Crippen LogP contribution in [0, 0.1) is 23.2 Å². The quantitative estimate of drug-likeness (QED) is 0.889. The first-order valence-corrected chi connectivity index (χ1v) is 9.59. The molecule has 2 heterocycles. The van der Waals surface area contributed by atoms with Crippen molar-refractivity contribution in [1.82, 2.24) is 20.3 Å². The van der Waals surface area contributed by atoms with E-state index in [-0.39, 0.29) is 12.5 Å². The van der Waals surface area contributed by atoms with Crippen LogP contribution >= 0.6 is 11.3 Å². The maximum atomic E-state index is 12.7. The van der Waals surface area contributed by atoms with Gasteiger partial charge in [-0.2, -0.15) is 16.6 Å². The van der Waals surface area contributed by atoms with E-state index in [1.165, 1.54) is 16.0 Å². The van der Waals surface area contributed by atoms with Gasteiger partial charge in [0.05, 0.1) is 23.4 Å². The molecule has 1 aliphatic carbocycles. The number of nitrogens with one attached hydrogen (secondary N) is 1. The average Bonchev–Trinajstić information content (AvgIpc) is 3.27. The Morgan fingerprint density at radius 1 is 1.48 bits per heavy atom. The van der Waals surface area contributed by atoms with Crippen molar-refractivity contribution in [3.8, 4) is 6.07 Å². The van der Waals surface area contributed by atoms with E-state index in [1.54, 1.807) is 6.20 Å². The second-order valence-corrected chi connectivity index (χ2v) is 7.86. The number of hydrogen-bond acceptors (Lipinski definition) is 5. The van der Waals surface area contributed by atoms with E-state index >= 15 is 0 Å². The van der Waals surface area contributed by atoms with Gasteiger partial charge >= 0.3 is 0 Å². The fraction of sp³-hybridized carbons (Fsp3) is 0.556. The van der Waals surface area contributed by atoms with Crippen LogP contribution < -0.4 is 5.32 Å². The average molecular weight is 357 g/mol. The van der Waals surface area contributed by atoms with Crippen LogP contribution in [0.15, 0.2) is 23.0 Å². The van der Waals surface area contributed by atoms with E-state index < -0.39 is 5.54 Å². The number of nitrogens with zero attached hydrogens (tertiary/aromatic N) is 4. The summed E-state index contributed by atoms with van der Waals surface area (Å²) in [6.07, 6.45) is 6.19. The monoisotopic (exact) mass is 357 g/mol. The van der Waals surface area contributed by atoms with Gasteiger partial charge in [-0.05, 0) is 43.0 Å². The normalized spacial score (nSPS) is 22.8. The summed E-state index contributed by atoms with van der Waals surface area (Å²) < 4.78 is 1.52. The van der Waals surface area contributed by atoms with Crippen molar-refractivity contribution in [3.63, 3.8) is 0 Å². The molecule has 1 saturated carbocycles. The maximum Gasteiger partial charge on any atom is 0.252 e. The number of carbonyl (C=O) groups excluding carboxylic acids is 1. The summed E-state index contributed by atoms with van der Waals surface area (Å²) in [5.41, 5.74) is 0.808. The van der Waals surface area contributed by atoms with Crippen molar-refractivity contribution in [2.75, 3.05) is 0 Å². The Hall–Kier alpha value is -2.20. The van der Waals surface area contributed by atoms with Gasteiger partial charge in [0.1, 0.15) is 12.2 Å². The summed E-state index contributed by atoms with van der Waals surface area (Å²) in [7, 11) is 0. The summed E-state index contributed by atoms with van der Waals surface area (Å²) in [6, 6.07) is 3.90. The van der Waals surface area contributed by atoms with Crippen molar-refractivity contribution in [3.05, 3.63) is 34.3 Å². The number of rotatable bonds is 5. The Bertz CT molecular complexity index is 755. The van der Waals surface area contributed by atoms with Crippen LogP contribution in [0.5, 0.6) is 0 Å². The molecule has 1 aliphatic rings. The second kappa shape index (κ2) is 7.36. The zero-order valence-corrected chi connectivity index (χ0v) is 15.4.